The first-order chi connectivity index (χ1) is 14.0. The maximum atomic E-state index is 5.46. The molecule has 1 fully saturated rings. The van der Waals surface area contributed by atoms with Crippen LogP contribution in [0.25, 0.3) is 0 Å². The van der Waals surface area contributed by atoms with Gasteiger partial charge in [-0.05, 0) is 69.0 Å². The van der Waals surface area contributed by atoms with Crippen molar-refractivity contribution in [2.24, 2.45) is 5.92 Å². The van der Waals surface area contributed by atoms with Crippen LogP contribution in [0.3, 0.4) is 0 Å². The third-order valence-corrected chi connectivity index (χ3v) is 6.62. The van der Waals surface area contributed by atoms with Gasteiger partial charge in [0.1, 0.15) is 0 Å². The molecular weight excluding hydrogens is 360 g/mol. The van der Waals surface area contributed by atoms with Gasteiger partial charge >= 0.3 is 0 Å². The van der Waals surface area contributed by atoms with E-state index in [9.17, 15) is 0 Å². The van der Waals surface area contributed by atoms with E-state index in [1.54, 1.807) is 14.2 Å². The lowest BCUT2D eigenvalue weighted by Gasteiger charge is -2.50. The summed E-state index contributed by atoms with van der Waals surface area (Å²) >= 11 is 0. The van der Waals surface area contributed by atoms with E-state index in [1.165, 1.54) is 11.1 Å². The van der Waals surface area contributed by atoms with Crippen LogP contribution in [0.2, 0.25) is 0 Å². The second kappa shape index (κ2) is 9.64. The molecule has 0 unspecified atom stereocenters. The molecule has 3 atom stereocenters. The van der Waals surface area contributed by atoms with Gasteiger partial charge in [-0.25, -0.2) is 0 Å². The van der Waals surface area contributed by atoms with E-state index in [4.69, 9.17) is 9.47 Å². The first-order valence-electron chi connectivity index (χ1n) is 10.7. The van der Waals surface area contributed by atoms with Crippen LogP contribution >= 0.6 is 0 Å². The fraction of sp³-hybridized carbons (Fsp3) is 0.520. The van der Waals surface area contributed by atoms with Crippen molar-refractivity contribution in [1.29, 1.82) is 0 Å². The largest absolute Gasteiger partial charge is 0.493 e. The molecule has 1 aliphatic rings. The summed E-state index contributed by atoms with van der Waals surface area (Å²) in [6.07, 6.45) is 3.19. The number of ether oxygens (including phenoxy) is 2. The summed E-state index contributed by atoms with van der Waals surface area (Å²) in [5, 5.41) is 4.00. The summed E-state index contributed by atoms with van der Waals surface area (Å²) in [6.45, 7) is 6.82. The Balaban J connectivity index is 1.74. The molecule has 29 heavy (non-hydrogen) atoms. The van der Waals surface area contributed by atoms with Crippen LogP contribution in [0.15, 0.2) is 48.5 Å². The van der Waals surface area contributed by atoms with Crippen molar-refractivity contribution in [3.8, 4) is 11.5 Å². The molecule has 2 aromatic rings. The van der Waals surface area contributed by atoms with Crippen molar-refractivity contribution in [2.75, 3.05) is 34.4 Å². The van der Waals surface area contributed by atoms with E-state index in [0.29, 0.717) is 12.0 Å². The maximum absolute atomic E-state index is 5.46. The molecule has 0 aliphatic carbocycles. The predicted molar refractivity (Wildman–Crippen MR) is 120 cm³/mol. The minimum Gasteiger partial charge on any atom is -0.493 e. The standard InChI is InChI=1S/C25H36N2O2/c1-19-18-27(3)20(2)16-25(19,17-22-9-7-6-8-10-22)26-14-13-21-11-12-23(28-4)24(15-21)29-5/h6-12,15,19-20,26H,13-14,16-18H2,1-5H3/t19-,20-,25+/m0/s1. The molecule has 0 amide bonds. The second-order valence-corrected chi connectivity index (χ2v) is 8.58. The van der Waals surface area contributed by atoms with E-state index < -0.39 is 0 Å². The molecule has 0 bridgehead atoms. The summed E-state index contributed by atoms with van der Waals surface area (Å²) in [5.41, 5.74) is 2.79. The molecule has 1 saturated heterocycles. The number of rotatable bonds is 8. The monoisotopic (exact) mass is 396 g/mol. The average molecular weight is 397 g/mol. The minimum absolute atomic E-state index is 0.115. The number of benzene rings is 2. The number of likely N-dealkylation sites (tertiary alicyclic amines) is 1. The average Bonchev–Trinajstić information content (AvgIpc) is 2.73. The predicted octanol–water partition coefficient (Wildman–Crippen LogP) is 4.18. The van der Waals surface area contributed by atoms with Crippen LogP contribution in [0, 0.1) is 5.92 Å². The van der Waals surface area contributed by atoms with Gasteiger partial charge in [0.05, 0.1) is 14.2 Å². The Morgan fingerprint density at radius 3 is 2.41 bits per heavy atom. The van der Waals surface area contributed by atoms with Crippen LogP contribution in [-0.4, -0.2) is 50.8 Å². The van der Waals surface area contributed by atoms with Crippen LogP contribution in [0.1, 0.15) is 31.4 Å². The number of methoxy groups -OCH3 is 2. The Hall–Kier alpha value is -2.04. The van der Waals surface area contributed by atoms with Crippen molar-refractivity contribution >= 4 is 0 Å². The highest BCUT2D eigenvalue weighted by molar-refractivity contribution is 5.43. The highest BCUT2D eigenvalue weighted by Gasteiger charge is 2.42. The SMILES string of the molecule is COc1ccc(CCN[C@@]2(Cc3ccccc3)C[C@H](C)N(C)C[C@@H]2C)cc1OC. The van der Waals surface area contributed by atoms with Gasteiger partial charge in [-0.15, -0.1) is 0 Å². The van der Waals surface area contributed by atoms with Gasteiger partial charge in [0.2, 0.25) is 0 Å². The second-order valence-electron chi connectivity index (χ2n) is 8.58. The van der Waals surface area contributed by atoms with Crippen LogP contribution in [0.5, 0.6) is 11.5 Å². The number of nitrogens with one attached hydrogen (secondary N) is 1. The fourth-order valence-corrected chi connectivity index (χ4v) is 4.68. The molecule has 3 rings (SSSR count). The molecular formula is C25H36N2O2. The van der Waals surface area contributed by atoms with E-state index >= 15 is 0 Å². The van der Waals surface area contributed by atoms with Gasteiger partial charge in [0.25, 0.3) is 0 Å². The molecule has 0 radical (unpaired) electrons. The van der Waals surface area contributed by atoms with Gasteiger partial charge in [0.15, 0.2) is 11.5 Å². The summed E-state index contributed by atoms with van der Waals surface area (Å²) in [4.78, 5) is 2.49. The molecule has 2 aromatic carbocycles. The highest BCUT2D eigenvalue weighted by Crippen LogP contribution is 2.34. The Bertz CT molecular complexity index is 780. The zero-order chi connectivity index (χ0) is 20.9. The van der Waals surface area contributed by atoms with Crippen LogP contribution < -0.4 is 14.8 Å². The van der Waals surface area contributed by atoms with Crippen molar-refractivity contribution < 1.29 is 9.47 Å². The molecule has 1 heterocycles. The molecule has 1 N–H and O–H groups in total. The van der Waals surface area contributed by atoms with E-state index in [1.807, 2.05) is 6.07 Å². The molecule has 0 aromatic heterocycles. The van der Waals surface area contributed by atoms with Gasteiger partial charge in [0, 0.05) is 18.1 Å². The smallest absolute Gasteiger partial charge is 0.160 e. The number of hydrogen-bond acceptors (Lipinski definition) is 4. The number of nitrogens with zero attached hydrogens (tertiary/aromatic N) is 1. The molecule has 0 spiro atoms. The number of hydrogen-bond donors (Lipinski definition) is 1. The van der Waals surface area contributed by atoms with Crippen molar-refractivity contribution in [3.05, 3.63) is 59.7 Å². The van der Waals surface area contributed by atoms with Gasteiger partial charge in [-0.3, -0.25) is 0 Å². The Morgan fingerprint density at radius 1 is 1.00 bits per heavy atom. The maximum Gasteiger partial charge on any atom is 0.160 e. The molecule has 4 nitrogen and oxygen atoms in total. The zero-order valence-electron chi connectivity index (χ0n) is 18.6. The van der Waals surface area contributed by atoms with Crippen LogP contribution in [-0.2, 0) is 12.8 Å². The lowest BCUT2D eigenvalue weighted by molar-refractivity contribution is 0.0547. The summed E-state index contributed by atoms with van der Waals surface area (Å²) in [5.74, 6) is 2.15. The zero-order valence-corrected chi connectivity index (χ0v) is 18.6. The Kier molecular flexibility index (Phi) is 7.20. The Labute approximate surface area is 176 Å². The first kappa shape index (κ1) is 21.7. The fourth-order valence-electron chi connectivity index (χ4n) is 4.68. The molecule has 4 heteroatoms. The van der Waals surface area contributed by atoms with E-state index in [0.717, 1.165) is 43.9 Å². The lowest BCUT2D eigenvalue weighted by atomic mass is 9.72. The normalized spacial score (nSPS) is 25.0. The first-order valence-corrected chi connectivity index (χ1v) is 10.7. The van der Waals surface area contributed by atoms with Gasteiger partial charge in [-0.1, -0.05) is 43.3 Å². The van der Waals surface area contributed by atoms with E-state index in [-0.39, 0.29) is 5.54 Å². The lowest BCUT2D eigenvalue weighted by Crippen LogP contribution is -2.62. The summed E-state index contributed by atoms with van der Waals surface area (Å²) in [7, 11) is 5.61. The minimum atomic E-state index is 0.115. The van der Waals surface area contributed by atoms with Crippen molar-refractivity contribution in [2.45, 2.75) is 44.7 Å². The van der Waals surface area contributed by atoms with Gasteiger partial charge in [-0.2, -0.15) is 0 Å². The van der Waals surface area contributed by atoms with E-state index in [2.05, 4.69) is 73.6 Å². The van der Waals surface area contributed by atoms with Crippen molar-refractivity contribution in [1.82, 2.24) is 10.2 Å². The molecule has 0 saturated carbocycles. The third kappa shape index (κ3) is 5.12. The topological polar surface area (TPSA) is 33.7 Å². The quantitative estimate of drug-likeness (QED) is 0.726. The molecule has 1 aliphatic heterocycles. The summed E-state index contributed by atoms with van der Waals surface area (Å²) < 4.78 is 10.8. The summed E-state index contributed by atoms with van der Waals surface area (Å²) in [6, 6.07) is 17.7. The highest BCUT2D eigenvalue weighted by atomic mass is 16.5. The number of piperidine rings is 1. The van der Waals surface area contributed by atoms with Crippen LogP contribution in [0.4, 0.5) is 0 Å². The molecule has 158 valence electrons. The van der Waals surface area contributed by atoms with Gasteiger partial charge < -0.3 is 19.7 Å². The third-order valence-electron chi connectivity index (χ3n) is 6.62. The van der Waals surface area contributed by atoms with Crippen molar-refractivity contribution in [3.63, 3.8) is 0 Å². The Morgan fingerprint density at radius 2 is 1.72 bits per heavy atom.